The van der Waals surface area contributed by atoms with Gasteiger partial charge in [-0.05, 0) is 56.5 Å². The van der Waals surface area contributed by atoms with Gasteiger partial charge < -0.3 is 10.1 Å². The van der Waals surface area contributed by atoms with Crippen LogP contribution in [0, 0.1) is 6.92 Å². The van der Waals surface area contributed by atoms with Crippen molar-refractivity contribution in [3.05, 3.63) is 81.2 Å². The van der Waals surface area contributed by atoms with Gasteiger partial charge in [-0.3, -0.25) is 19.1 Å². The summed E-state index contributed by atoms with van der Waals surface area (Å²) in [5, 5.41) is 3.27. The molecular formula is C26H28ClN3O4. The van der Waals surface area contributed by atoms with E-state index in [0.29, 0.717) is 29.2 Å². The highest BCUT2D eigenvalue weighted by Crippen LogP contribution is 2.42. The Balaban J connectivity index is 1.53. The number of carbonyl (C=O) groups excluding carboxylic acids is 2. The van der Waals surface area contributed by atoms with Crippen LogP contribution >= 0.6 is 11.6 Å². The minimum Gasteiger partial charge on any atom is -0.452 e. The number of nitrogens with zero attached hydrogens (tertiary/aromatic N) is 2. The van der Waals surface area contributed by atoms with E-state index < -0.39 is 23.4 Å². The SMILES string of the molecule is Cc1c(NC(=O)C(C)OC(=O)C2(c3ccc(Cl)cc3)CCCC2)c(=O)n(-c2ccccc2)n1C. The molecule has 1 amide bonds. The molecule has 1 aliphatic carbocycles. The molecule has 1 atom stereocenters. The van der Waals surface area contributed by atoms with Gasteiger partial charge >= 0.3 is 5.97 Å². The third kappa shape index (κ3) is 4.28. The fraction of sp³-hybridized carbons (Fsp3) is 0.346. The summed E-state index contributed by atoms with van der Waals surface area (Å²) in [5.41, 5.74) is 1.14. The topological polar surface area (TPSA) is 82.3 Å². The van der Waals surface area contributed by atoms with Crippen molar-refractivity contribution in [3.63, 3.8) is 0 Å². The monoisotopic (exact) mass is 481 g/mol. The minimum absolute atomic E-state index is 0.160. The molecule has 3 aromatic rings. The Labute approximate surface area is 203 Å². The first-order chi connectivity index (χ1) is 16.2. The largest absolute Gasteiger partial charge is 0.452 e. The summed E-state index contributed by atoms with van der Waals surface area (Å²) in [5.74, 6) is -0.981. The van der Waals surface area contributed by atoms with Gasteiger partial charge in [0.05, 0.1) is 16.8 Å². The van der Waals surface area contributed by atoms with Gasteiger partial charge in [-0.1, -0.05) is 54.8 Å². The van der Waals surface area contributed by atoms with Crippen LogP contribution in [0.5, 0.6) is 0 Å². The zero-order chi connectivity index (χ0) is 24.5. The standard InChI is InChI=1S/C26H28ClN3O4/c1-17-22(24(32)30(29(17)3)21-9-5-4-6-10-21)28-23(31)18(2)34-25(33)26(15-7-8-16-26)19-11-13-20(27)14-12-19/h4-6,9-14,18H,7-8,15-16H2,1-3H3,(H,28,31). The Morgan fingerprint density at radius 2 is 1.68 bits per heavy atom. The molecule has 0 spiro atoms. The predicted octanol–water partition coefficient (Wildman–Crippen LogP) is 4.52. The lowest BCUT2D eigenvalue weighted by atomic mass is 9.79. The number of halogens is 1. The number of esters is 1. The van der Waals surface area contributed by atoms with Crippen LogP contribution in [0.2, 0.25) is 5.02 Å². The first-order valence-electron chi connectivity index (χ1n) is 11.4. The van der Waals surface area contributed by atoms with Gasteiger partial charge in [0.1, 0.15) is 5.69 Å². The second-order valence-electron chi connectivity index (χ2n) is 8.77. The summed E-state index contributed by atoms with van der Waals surface area (Å²) in [4.78, 5) is 39.3. The second kappa shape index (κ2) is 9.50. The van der Waals surface area contributed by atoms with Crippen molar-refractivity contribution in [2.75, 3.05) is 5.32 Å². The molecule has 0 radical (unpaired) electrons. The molecule has 8 heteroatoms. The third-order valence-electron chi connectivity index (χ3n) is 6.70. The molecule has 1 saturated carbocycles. The summed E-state index contributed by atoms with van der Waals surface area (Å²) < 4.78 is 8.82. The molecule has 1 unspecified atom stereocenters. The molecule has 1 fully saturated rings. The van der Waals surface area contributed by atoms with Crippen molar-refractivity contribution in [1.29, 1.82) is 0 Å². The van der Waals surface area contributed by atoms with E-state index in [-0.39, 0.29) is 11.2 Å². The first kappa shape index (κ1) is 23.8. The molecular weight excluding hydrogens is 454 g/mol. The zero-order valence-corrected chi connectivity index (χ0v) is 20.3. The Bertz CT molecular complexity index is 1260. The van der Waals surface area contributed by atoms with Gasteiger partial charge in [0, 0.05) is 12.1 Å². The quantitative estimate of drug-likeness (QED) is 0.525. The van der Waals surface area contributed by atoms with Crippen molar-refractivity contribution in [3.8, 4) is 5.69 Å². The van der Waals surface area contributed by atoms with E-state index >= 15 is 0 Å². The number of rotatable bonds is 6. The molecule has 178 valence electrons. The summed E-state index contributed by atoms with van der Waals surface area (Å²) in [6, 6.07) is 16.4. The normalized spacial score (nSPS) is 15.6. The summed E-state index contributed by atoms with van der Waals surface area (Å²) in [6.07, 6.45) is 2.05. The molecule has 0 bridgehead atoms. The van der Waals surface area contributed by atoms with E-state index in [2.05, 4.69) is 5.32 Å². The van der Waals surface area contributed by atoms with Gasteiger partial charge in [0.2, 0.25) is 0 Å². The van der Waals surface area contributed by atoms with E-state index in [1.807, 2.05) is 42.5 Å². The third-order valence-corrected chi connectivity index (χ3v) is 6.95. The van der Waals surface area contributed by atoms with Crippen molar-refractivity contribution in [2.45, 2.75) is 51.0 Å². The van der Waals surface area contributed by atoms with Crippen LogP contribution in [0.3, 0.4) is 0 Å². The van der Waals surface area contributed by atoms with Crippen LogP contribution in [0.25, 0.3) is 5.69 Å². The lowest BCUT2D eigenvalue weighted by Crippen LogP contribution is -2.40. The molecule has 1 aliphatic rings. The van der Waals surface area contributed by atoms with E-state index in [1.165, 1.54) is 11.6 Å². The van der Waals surface area contributed by atoms with Gasteiger partial charge in [-0.15, -0.1) is 0 Å². The highest BCUT2D eigenvalue weighted by molar-refractivity contribution is 6.30. The van der Waals surface area contributed by atoms with Crippen LogP contribution in [-0.2, 0) is 26.8 Å². The minimum atomic E-state index is -1.07. The van der Waals surface area contributed by atoms with E-state index in [1.54, 1.807) is 30.8 Å². The fourth-order valence-electron chi connectivity index (χ4n) is 4.62. The van der Waals surface area contributed by atoms with Crippen LogP contribution < -0.4 is 10.9 Å². The Hall–Kier alpha value is -3.32. The number of carbonyl (C=O) groups is 2. The Kier molecular flexibility index (Phi) is 6.66. The maximum absolute atomic E-state index is 13.3. The van der Waals surface area contributed by atoms with Crippen molar-refractivity contribution < 1.29 is 14.3 Å². The summed E-state index contributed by atoms with van der Waals surface area (Å²) >= 11 is 6.03. The van der Waals surface area contributed by atoms with Crippen molar-refractivity contribution in [1.82, 2.24) is 9.36 Å². The summed E-state index contributed by atoms with van der Waals surface area (Å²) in [7, 11) is 1.75. The average Bonchev–Trinajstić information content (AvgIpc) is 3.41. The van der Waals surface area contributed by atoms with E-state index in [4.69, 9.17) is 16.3 Å². The highest BCUT2D eigenvalue weighted by atomic mass is 35.5. The smallest absolute Gasteiger partial charge is 0.317 e. The molecule has 0 aliphatic heterocycles. The molecule has 4 rings (SSSR count). The lowest BCUT2D eigenvalue weighted by molar-refractivity contribution is -0.159. The van der Waals surface area contributed by atoms with Crippen LogP contribution in [0.15, 0.2) is 59.4 Å². The second-order valence-corrected chi connectivity index (χ2v) is 9.21. The average molecular weight is 482 g/mol. The first-order valence-corrected chi connectivity index (χ1v) is 11.7. The molecule has 1 N–H and O–H groups in total. The number of aromatic nitrogens is 2. The highest BCUT2D eigenvalue weighted by Gasteiger charge is 2.45. The van der Waals surface area contributed by atoms with Crippen LogP contribution in [0.4, 0.5) is 5.69 Å². The molecule has 1 aromatic heterocycles. The van der Waals surface area contributed by atoms with Crippen molar-refractivity contribution >= 4 is 29.2 Å². The van der Waals surface area contributed by atoms with Gasteiger partial charge in [-0.2, -0.15) is 0 Å². The number of amides is 1. The maximum Gasteiger partial charge on any atom is 0.317 e. The van der Waals surface area contributed by atoms with Gasteiger partial charge in [-0.25, -0.2) is 4.68 Å². The number of para-hydroxylation sites is 1. The Morgan fingerprint density at radius 3 is 2.29 bits per heavy atom. The number of ether oxygens (including phenoxy) is 1. The molecule has 2 aromatic carbocycles. The van der Waals surface area contributed by atoms with E-state index in [0.717, 1.165) is 18.4 Å². The number of hydrogen-bond acceptors (Lipinski definition) is 4. The number of hydrogen-bond donors (Lipinski definition) is 1. The number of nitrogens with one attached hydrogen (secondary N) is 1. The summed E-state index contributed by atoms with van der Waals surface area (Å²) in [6.45, 7) is 3.27. The Morgan fingerprint density at radius 1 is 1.06 bits per heavy atom. The molecule has 0 saturated heterocycles. The fourth-order valence-corrected chi connectivity index (χ4v) is 4.75. The molecule has 1 heterocycles. The van der Waals surface area contributed by atoms with Gasteiger partial charge in [0.15, 0.2) is 6.10 Å². The molecule has 7 nitrogen and oxygen atoms in total. The van der Waals surface area contributed by atoms with Crippen LogP contribution in [0.1, 0.15) is 43.9 Å². The van der Waals surface area contributed by atoms with Crippen molar-refractivity contribution in [2.24, 2.45) is 7.05 Å². The number of anilines is 1. The van der Waals surface area contributed by atoms with Crippen LogP contribution in [-0.4, -0.2) is 27.3 Å². The molecule has 34 heavy (non-hydrogen) atoms. The van der Waals surface area contributed by atoms with E-state index in [9.17, 15) is 14.4 Å². The predicted molar refractivity (Wildman–Crippen MR) is 132 cm³/mol. The number of benzene rings is 2. The van der Waals surface area contributed by atoms with Gasteiger partial charge in [0.25, 0.3) is 11.5 Å². The lowest BCUT2D eigenvalue weighted by Gasteiger charge is -2.28. The maximum atomic E-state index is 13.3. The zero-order valence-electron chi connectivity index (χ0n) is 19.5.